The molecule has 0 bridgehead atoms. The van der Waals surface area contributed by atoms with Gasteiger partial charge in [0.25, 0.3) is 0 Å². The van der Waals surface area contributed by atoms with Gasteiger partial charge in [0.15, 0.2) is 0 Å². The summed E-state index contributed by atoms with van der Waals surface area (Å²) < 4.78 is 4.78. The van der Waals surface area contributed by atoms with E-state index in [4.69, 9.17) is 4.74 Å². The monoisotopic (exact) mass is 123 g/mol. The zero-order chi connectivity index (χ0) is 6.69. The van der Waals surface area contributed by atoms with Gasteiger partial charge in [-0.15, -0.1) is 0 Å². The van der Waals surface area contributed by atoms with Crippen LogP contribution in [0.1, 0.15) is 5.69 Å². The lowest BCUT2D eigenvalue weighted by Gasteiger charge is -1.95. The van der Waals surface area contributed by atoms with Gasteiger partial charge in [-0.05, 0) is 6.92 Å². The Morgan fingerprint density at radius 1 is 1.56 bits per heavy atom. The fourth-order valence-electron chi connectivity index (χ4n) is 0.485. The Hall–Kier alpha value is -1.12. The van der Waals surface area contributed by atoms with Crippen LogP contribution in [-0.2, 0) is 0 Å². The third-order valence-corrected chi connectivity index (χ3v) is 0.871. The van der Waals surface area contributed by atoms with Crippen molar-refractivity contribution in [3.63, 3.8) is 0 Å². The molecule has 0 fully saturated rings. The number of nitrogens with zero attached hydrogens (tertiary/aromatic N) is 2. The fraction of sp³-hybridized carbons (Fsp3) is 0.167. The lowest BCUT2D eigenvalue weighted by atomic mass is 10.5. The molecule has 0 amide bonds. The molecule has 1 rings (SSSR count). The molecule has 0 N–H and O–H groups in total. The summed E-state index contributed by atoms with van der Waals surface area (Å²) in [4.78, 5) is 7.70. The predicted molar refractivity (Wildman–Crippen MR) is 33.0 cm³/mol. The van der Waals surface area contributed by atoms with E-state index in [0.717, 1.165) is 0 Å². The van der Waals surface area contributed by atoms with Gasteiger partial charge in [0.2, 0.25) is 5.88 Å². The van der Waals surface area contributed by atoms with E-state index < -0.39 is 0 Å². The molecule has 0 spiro atoms. The van der Waals surface area contributed by atoms with Crippen LogP contribution >= 0.6 is 0 Å². The maximum Gasteiger partial charge on any atom is 0.232 e. The first-order valence-electron chi connectivity index (χ1n) is 2.51. The Morgan fingerprint density at radius 3 is 2.78 bits per heavy atom. The van der Waals surface area contributed by atoms with E-state index in [9.17, 15) is 0 Å². The Morgan fingerprint density at radius 2 is 2.33 bits per heavy atom. The lowest BCUT2D eigenvalue weighted by molar-refractivity contribution is 0.395. The molecular weight excluding hydrogens is 116 g/mol. The molecule has 1 aromatic heterocycles. The predicted octanol–water partition coefficient (Wildman–Crippen LogP) is 0.667. The first kappa shape index (κ1) is 6.01. The van der Waals surface area contributed by atoms with Crippen LogP contribution in [-0.4, -0.2) is 17.1 Å². The van der Waals surface area contributed by atoms with E-state index in [1.165, 1.54) is 6.20 Å². The smallest absolute Gasteiger partial charge is 0.232 e. The van der Waals surface area contributed by atoms with Crippen LogP contribution in [0.25, 0.3) is 0 Å². The third-order valence-electron chi connectivity index (χ3n) is 0.871. The molecule has 3 nitrogen and oxygen atoms in total. The summed E-state index contributed by atoms with van der Waals surface area (Å²) in [6.07, 6.45) is 3.11. The summed E-state index contributed by atoms with van der Waals surface area (Å²) in [5, 5.41) is 0. The van der Waals surface area contributed by atoms with E-state index in [-0.39, 0.29) is 0 Å². The van der Waals surface area contributed by atoms with Gasteiger partial charge >= 0.3 is 0 Å². The molecule has 0 aliphatic carbocycles. The van der Waals surface area contributed by atoms with Crippen molar-refractivity contribution in [3.8, 4) is 5.88 Å². The maximum atomic E-state index is 4.78. The second-order valence-corrected chi connectivity index (χ2v) is 1.55. The van der Waals surface area contributed by atoms with Crippen molar-refractivity contribution >= 4 is 0 Å². The van der Waals surface area contributed by atoms with Crippen molar-refractivity contribution in [2.75, 3.05) is 7.11 Å². The van der Waals surface area contributed by atoms with E-state index >= 15 is 0 Å². The minimum Gasteiger partial charge on any atom is -0.480 e. The quantitative estimate of drug-likeness (QED) is 0.550. The Bertz CT molecular complexity index is 200. The topological polar surface area (TPSA) is 35.0 Å². The molecule has 0 aromatic carbocycles. The van der Waals surface area contributed by atoms with Crippen molar-refractivity contribution in [2.45, 2.75) is 0 Å². The molecule has 0 atom stereocenters. The maximum absolute atomic E-state index is 4.78. The van der Waals surface area contributed by atoms with Crippen molar-refractivity contribution in [2.24, 2.45) is 0 Å². The number of rotatable bonds is 1. The number of hydrogen-bond acceptors (Lipinski definition) is 3. The molecule has 0 aliphatic heterocycles. The van der Waals surface area contributed by atoms with Gasteiger partial charge in [0.05, 0.1) is 19.0 Å². The number of aromatic nitrogens is 2. The Labute approximate surface area is 53.7 Å². The summed E-state index contributed by atoms with van der Waals surface area (Å²) in [7, 11) is 1.55. The molecule has 47 valence electrons. The first-order valence-corrected chi connectivity index (χ1v) is 2.51. The molecular formula is C6H7N2O. The molecule has 0 aliphatic rings. The van der Waals surface area contributed by atoms with Crippen molar-refractivity contribution < 1.29 is 4.74 Å². The number of methoxy groups -OCH3 is 1. The minimum absolute atomic E-state index is 0.502. The van der Waals surface area contributed by atoms with Crippen LogP contribution in [0.4, 0.5) is 0 Å². The highest BCUT2D eigenvalue weighted by Gasteiger charge is 1.89. The van der Waals surface area contributed by atoms with Gasteiger partial charge in [-0.25, -0.2) is 4.98 Å². The minimum atomic E-state index is 0.502. The molecule has 1 heterocycles. The fourth-order valence-corrected chi connectivity index (χ4v) is 0.485. The Balaban J connectivity index is 2.94. The average molecular weight is 123 g/mol. The van der Waals surface area contributed by atoms with E-state index in [2.05, 4.69) is 16.9 Å². The van der Waals surface area contributed by atoms with E-state index in [1.807, 2.05) is 0 Å². The van der Waals surface area contributed by atoms with Gasteiger partial charge < -0.3 is 4.74 Å². The van der Waals surface area contributed by atoms with Crippen LogP contribution in [0.3, 0.4) is 0 Å². The molecule has 0 unspecified atom stereocenters. The molecule has 1 aromatic rings. The van der Waals surface area contributed by atoms with Gasteiger partial charge in [0, 0.05) is 6.20 Å². The highest BCUT2D eigenvalue weighted by Crippen LogP contribution is 2.01. The van der Waals surface area contributed by atoms with Crippen LogP contribution in [0.5, 0.6) is 5.88 Å². The summed E-state index contributed by atoms with van der Waals surface area (Å²) in [6, 6.07) is 0. The van der Waals surface area contributed by atoms with Crippen molar-refractivity contribution in [3.05, 3.63) is 25.0 Å². The zero-order valence-electron chi connectivity index (χ0n) is 5.16. The van der Waals surface area contributed by atoms with Crippen molar-refractivity contribution in [1.82, 2.24) is 9.97 Å². The van der Waals surface area contributed by atoms with Gasteiger partial charge in [-0.1, -0.05) is 0 Å². The lowest BCUT2D eigenvalue weighted by Crippen LogP contribution is -1.89. The van der Waals surface area contributed by atoms with Crippen LogP contribution < -0.4 is 4.74 Å². The highest BCUT2D eigenvalue weighted by atomic mass is 16.5. The Kier molecular flexibility index (Phi) is 1.63. The average Bonchev–Trinajstić information content (AvgIpc) is 1.88. The van der Waals surface area contributed by atoms with Gasteiger partial charge in [-0.2, -0.15) is 0 Å². The third kappa shape index (κ3) is 1.38. The summed E-state index contributed by atoms with van der Waals surface area (Å²) in [5.41, 5.74) is 0.620. The second-order valence-electron chi connectivity index (χ2n) is 1.55. The highest BCUT2D eigenvalue weighted by molar-refractivity contribution is 5.09. The number of ether oxygens (including phenoxy) is 1. The molecule has 1 radical (unpaired) electrons. The van der Waals surface area contributed by atoms with Crippen LogP contribution in [0, 0.1) is 6.92 Å². The largest absolute Gasteiger partial charge is 0.480 e. The van der Waals surface area contributed by atoms with E-state index in [0.29, 0.717) is 11.6 Å². The normalized spacial score (nSPS) is 9.11. The van der Waals surface area contributed by atoms with E-state index in [1.54, 1.807) is 13.3 Å². The first-order chi connectivity index (χ1) is 4.33. The van der Waals surface area contributed by atoms with Crippen LogP contribution in [0.2, 0.25) is 0 Å². The van der Waals surface area contributed by atoms with Crippen LogP contribution in [0.15, 0.2) is 12.4 Å². The number of hydrogen-bond donors (Lipinski definition) is 0. The second kappa shape index (κ2) is 2.44. The van der Waals surface area contributed by atoms with Crippen molar-refractivity contribution in [1.29, 1.82) is 0 Å². The molecule has 3 heteroatoms. The molecule has 9 heavy (non-hydrogen) atoms. The van der Waals surface area contributed by atoms with Gasteiger partial charge in [0.1, 0.15) is 0 Å². The van der Waals surface area contributed by atoms with Gasteiger partial charge in [-0.3, -0.25) is 4.98 Å². The summed E-state index contributed by atoms with van der Waals surface area (Å²) in [6.45, 7) is 3.58. The summed E-state index contributed by atoms with van der Waals surface area (Å²) >= 11 is 0. The zero-order valence-corrected chi connectivity index (χ0v) is 5.16. The molecule has 0 saturated heterocycles. The summed E-state index contributed by atoms with van der Waals surface area (Å²) in [5.74, 6) is 0.502. The standard InChI is InChI=1S/C6H7N2O/c1-5-3-7-4-6(8-5)9-2/h3-4H,1H2,2H3. The SMILES string of the molecule is [CH2]c1cncc(OC)n1. The molecule has 0 saturated carbocycles.